The van der Waals surface area contributed by atoms with Crippen LogP contribution in [-0.2, 0) is 14.4 Å². The molecule has 0 aromatic heterocycles. The number of anilines is 3. The van der Waals surface area contributed by atoms with Gasteiger partial charge in [-0.15, -0.1) is 0 Å². The first-order chi connectivity index (χ1) is 12.0. The molecule has 0 aliphatic carbocycles. The van der Waals surface area contributed by atoms with Gasteiger partial charge >= 0.3 is 5.97 Å². The molecule has 0 saturated heterocycles. The second-order valence-electron chi connectivity index (χ2n) is 5.61. The van der Waals surface area contributed by atoms with E-state index in [1.54, 1.807) is 30.3 Å². The zero-order valence-corrected chi connectivity index (χ0v) is 13.5. The lowest BCUT2D eigenvalue weighted by atomic mass is 10.1. The van der Waals surface area contributed by atoms with Crippen molar-refractivity contribution in [2.24, 2.45) is 0 Å². The molecule has 0 fully saturated rings. The Kier molecular flexibility index (Phi) is 4.65. The summed E-state index contributed by atoms with van der Waals surface area (Å²) in [4.78, 5) is 35.3. The molecule has 1 heterocycles. The van der Waals surface area contributed by atoms with Gasteiger partial charge in [-0.25, -0.2) is 0 Å². The van der Waals surface area contributed by atoms with Crippen molar-refractivity contribution >= 4 is 34.8 Å². The topological polar surface area (TPSA) is 96.5 Å². The van der Waals surface area contributed by atoms with E-state index in [9.17, 15) is 14.4 Å². The van der Waals surface area contributed by atoms with Gasteiger partial charge in [0.25, 0.3) is 0 Å². The second kappa shape index (κ2) is 7.04. The van der Waals surface area contributed by atoms with Crippen molar-refractivity contribution in [3.05, 3.63) is 48.5 Å². The fourth-order valence-corrected chi connectivity index (χ4v) is 2.54. The summed E-state index contributed by atoms with van der Waals surface area (Å²) >= 11 is 0. The highest BCUT2D eigenvalue weighted by Crippen LogP contribution is 2.27. The van der Waals surface area contributed by atoms with Crippen LogP contribution in [0.1, 0.15) is 13.3 Å². The number of fused-ring (bicyclic) bond motifs is 1. The molecule has 128 valence electrons. The van der Waals surface area contributed by atoms with E-state index in [-0.39, 0.29) is 18.2 Å². The standard InChI is InChI=1S/C18H17N3O4/c1-11(22)25-13-6-4-5-12(9-13)19-17(23)10-16-18(24)21-15-8-3-2-7-14(15)20-16/h2-9,16,20H,10H2,1H3,(H,19,23)(H,21,24)/t16-/m0/s1. The molecule has 25 heavy (non-hydrogen) atoms. The van der Waals surface area contributed by atoms with E-state index in [1.807, 2.05) is 18.2 Å². The van der Waals surface area contributed by atoms with Gasteiger partial charge in [-0.05, 0) is 24.3 Å². The van der Waals surface area contributed by atoms with Crippen LogP contribution in [0.2, 0.25) is 0 Å². The fraction of sp³-hybridized carbons (Fsp3) is 0.167. The van der Waals surface area contributed by atoms with E-state index in [0.717, 1.165) is 5.69 Å². The Morgan fingerprint density at radius 1 is 1.12 bits per heavy atom. The van der Waals surface area contributed by atoms with Gasteiger partial charge in [0.05, 0.1) is 17.8 Å². The minimum atomic E-state index is -0.661. The van der Waals surface area contributed by atoms with Gasteiger partial charge in [0.15, 0.2) is 0 Å². The Balaban J connectivity index is 1.63. The number of nitrogens with one attached hydrogen (secondary N) is 3. The number of esters is 1. The maximum Gasteiger partial charge on any atom is 0.308 e. The van der Waals surface area contributed by atoms with E-state index < -0.39 is 12.0 Å². The van der Waals surface area contributed by atoms with Crippen LogP contribution in [0.3, 0.4) is 0 Å². The third-order valence-corrected chi connectivity index (χ3v) is 3.60. The zero-order valence-electron chi connectivity index (χ0n) is 13.5. The molecule has 7 nitrogen and oxygen atoms in total. The summed E-state index contributed by atoms with van der Waals surface area (Å²) in [5.74, 6) is -0.687. The molecule has 2 amide bonds. The third-order valence-electron chi connectivity index (χ3n) is 3.60. The number of para-hydroxylation sites is 2. The molecule has 0 saturated carbocycles. The monoisotopic (exact) mass is 339 g/mol. The molecule has 0 spiro atoms. The van der Waals surface area contributed by atoms with Crippen LogP contribution in [0.4, 0.5) is 17.1 Å². The van der Waals surface area contributed by atoms with E-state index in [4.69, 9.17) is 4.74 Å². The fourth-order valence-electron chi connectivity index (χ4n) is 2.54. The van der Waals surface area contributed by atoms with E-state index >= 15 is 0 Å². The molecule has 1 atom stereocenters. The number of benzene rings is 2. The van der Waals surface area contributed by atoms with Crippen molar-refractivity contribution in [2.75, 3.05) is 16.0 Å². The summed E-state index contributed by atoms with van der Waals surface area (Å²) < 4.78 is 4.98. The number of hydrogen-bond donors (Lipinski definition) is 3. The van der Waals surface area contributed by atoms with Gasteiger partial charge in [0, 0.05) is 18.7 Å². The highest BCUT2D eigenvalue weighted by Gasteiger charge is 2.27. The van der Waals surface area contributed by atoms with Gasteiger partial charge < -0.3 is 20.7 Å². The van der Waals surface area contributed by atoms with Gasteiger partial charge in [0.2, 0.25) is 11.8 Å². The molecule has 0 unspecified atom stereocenters. The average Bonchev–Trinajstić information content (AvgIpc) is 2.55. The lowest BCUT2D eigenvalue weighted by molar-refractivity contribution is -0.131. The predicted octanol–water partition coefficient (Wildman–Crippen LogP) is 2.37. The Hall–Kier alpha value is -3.35. The highest BCUT2D eigenvalue weighted by atomic mass is 16.5. The number of carbonyl (C=O) groups excluding carboxylic acids is 3. The van der Waals surface area contributed by atoms with Gasteiger partial charge in [-0.2, -0.15) is 0 Å². The lowest BCUT2D eigenvalue weighted by Crippen LogP contribution is -2.41. The van der Waals surface area contributed by atoms with Crippen LogP contribution in [0.5, 0.6) is 5.75 Å². The van der Waals surface area contributed by atoms with Crippen molar-refractivity contribution in [1.29, 1.82) is 0 Å². The summed E-state index contributed by atoms with van der Waals surface area (Å²) in [6, 6.07) is 13.1. The van der Waals surface area contributed by atoms with E-state index in [1.165, 1.54) is 6.92 Å². The predicted molar refractivity (Wildman–Crippen MR) is 93.5 cm³/mol. The first kappa shape index (κ1) is 16.5. The van der Waals surface area contributed by atoms with Crippen molar-refractivity contribution in [2.45, 2.75) is 19.4 Å². The maximum absolute atomic E-state index is 12.2. The first-order valence-electron chi connectivity index (χ1n) is 7.76. The maximum atomic E-state index is 12.2. The molecular formula is C18H17N3O4. The summed E-state index contributed by atoms with van der Waals surface area (Å²) in [5.41, 5.74) is 1.95. The quantitative estimate of drug-likeness (QED) is 0.587. The van der Waals surface area contributed by atoms with Crippen LogP contribution in [-0.4, -0.2) is 23.8 Å². The molecule has 7 heteroatoms. The van der Waals surface area contributed by atoms with Crippen LogP contribution in [0, 0.1) is 0 Å². The Morgan fingerprint density at radius 2 is 1.88 bits per heavy atom. The average molecular weight is 339 g/mol. The number of hydrogen-bond acceptors (Lipinski definition) is 5. The van der Waals surface area contributed by atoms with E-state index in [2.05, 4.69) is 16.0 Å². The number of ether oxygens (including phenoxy) is 1. The molecule has 1 aliphatic rings. The third kappa shape index (κ3) is 4.14. The Labute approximate surface area is 144 Å². The number of carbonyl (C=O) groups is 3. The van der Waals surface area contributed by atoms with Crippen molar-refractivity contribution in [1.82, 2.24) is 0 Å². The Morgan fingerprint density at radius 3 is 2.64 bits per heavy atom. The number of rotatable bonds is 4. The summed E-state index contributed by atoms with van der Waals surface area (Å²) in [5, 5.41) is 8.53. The van der Waals surface area contributed by atoms with Gasteiger partial charge in [-0.1, -0.05) is 18.2 Å². The summed E-state index contributed by atoms with van der Waals surface area (Å²) in [6.45, 7) is 1.30. The molecule has 2 aromatic rings. The highest BCUT2D eigenvalue weighted by molar-refractivity contribution is 6.06. The SMILES string of the molecule is CC(=O)Oc1cccc(NC(=O)C[C@@H]2Nc3ccccc3NC2=O)c1. The molecule has 0 radical (unpaired) electrons. The lowest BCUT2D eigenvalue weighted by Gasteiger charge is -2.26. The molecule has 3 rings (SSSR count). The van der Waals surface area contributed by atoms with Crippen LogP contribution >= 0.6 is 0 Å². The Bertz CT molecular complexity index is 835. The van der Waals surface area contributed by atoms with Crippen LogP contribution in [0.25, 0.3) is 0 Å². The largest absolute Gasteiger partial charge is 0.427 e. The van der Waals surface area contributed by atoms with Crippen molar-refractivity contribution < 1.29 is 19.1 Å². The first-order valence-corrected chi connectivity index (χ1v) is 7.76. The van der Waals surface area contributed by atoms with Gasteiger partial charge in [-0.3, -0.25) is 14.4 Å². The van der Waals surface area contributed by atoms with Crippen molar-refractivity contribution in [3.8, 4) is 5.75 Å². The molecule has 0 bridgehead atoms. The normalized spacial score (nSPS) is 15.4. The molecular weight excluding hydrogens is 322 g/mol. The second-order valence-corrected chi connectivity index (χ2v) is 5.61. The molecule has 3 N–H and O–H groups in total. The zero-order chi connectivity index (χ0) is 17.8. The minimum Gasteiger partial charge on any atom is -0.427 e. The molecule has 2 aromatic carbocycles. The van der Waals surface area contributed by atoms with Crippen molar-refractivity contribution in [3.63, 3.8) is 0 Å². The van der Waals surface area contributed by atoms with Crippen LogP contribution in [0.15, 0.2) is 48.5 Å². The smallest absolute Gasteiger partial charge is 0.308 e. The van der Waals surface area contributed by atoms with E-state index in [0.29, 0.717) is 17.1 Å². The van der Waals surface area contributed by atoms with Crippen LogP contribution < -0.4 is 20.7 Å². The summed E-state index contributed by atoms with van der Waals surface area (Å²) in [7, 11) is 0. The number of amides is 2. The van der Waals surface area contributed by atoms with Gasteiger partial charge in [0.1, 0.15) is 11.8 Å². The minimum absolute atomic E-state index is 0.0298. The summed E-state index contributed by atoms with van der Waals surface area (Å²) in [6.07, 6.45) is -0.0298. The molecule has 1 aliphatic heterocycles.